The van der Waals surface area contributed by atoms with Crippen molar-refractivity contribution in [3.8, 4) is 0 Å². The number of cyclic esters (lactones) is 2. The number of hydrogen-bond acceptors (Lipinski definition) is 26. The lowest BCUT2D eigenvalue weighted by atomic mass is 9.70. The number of hydrogen-bond donors (Lipinski definition) is 10. The Morgan fingerprint density at radius 3 is 1.07 bits per heavy atom. The highest BCUT2D eigenvalue weighted by atomic mass is 16.7. The fourth-order valence-corrected chi connectivity index (χ4v) is 18.4. The minimum Gasteiger partial charge on any atom is -0.459 e. The van der Waals surface area contributed by atoms with Gasteiger partial charge in [-0.25, -0.2) is 9.59 Å². The number of aliphatic hydroxyl groups excluding tert-OH is 4. The van der Waals surface area contributed by atoms with Crippen molar-refractivity contribution in [2.45, 2.75) is 387 Å². The Morgan fingerprint density at radius 2 is 0.769 bits per heavy atom. The van der Waals surface area contributed by atoms with E-state index in [1.807, 2.05) is 69.2 Å². The van der Waals surface area contributed by atoms with Gasteiger partial charge in [0.2, 0.25) is 0 Å². The maximum Gasteiger partial charge on any atom is 0.407 e. The fraction of sp³-hybridized carbons (Fsp3) is 0.950. The Kier molecular flexibility index (Phi) is 33.3. The second-order valence-electron chi connectivity index (χ2n) is 35.4. The summed E-state index contributed by atoms with van der Waals surface area (Å²) in [5, 5.41) is 102. The molecule has 6 saturated heterocycles. The SMILES string of the molecule is CC[C@H]1OC(=O)[C@H](C)C(OC2CC(C)(OC)C(OC(=O)NCCCCNC(=O)OC3C(C)OC(O[C@H]4[C@H](C)[C@@H](OC5OC(C)CC(C)C5O)[C@](C)(O)C[C@@H](C)[C@H](C)[C@H](C)[C@@H](O)[C@](C)(O)[C@@H](CC)OC(=O)[C@@H]4C)CC3(C)OC)C(C)O2)[C@H](C)[C@@H](OC2OC(C)CC(C)C2O)[C@](C)(O)C[C@@H](C)[C@H](C)[C@H](C)[C@@H](O)[C@]1(C)O. The molecule has 6 rings (SSSR count). The summed E-state index contributed by atoms with van der Waals surface area (Å²) in [7, 11) is 2.94. The molecule has 6 aliphatic rings. The van der Waals surface area contributed by atoms with Crippen LogP contribution in [0.2, 0.25) is 0 Å². The van der Waals surface area contributed by atoms with Gasteiger partial charge < -0.3 is 118 Å². The van der Waals surface area contributed by atoms with Gasteiger partial charge in [0.25, 0.3) is 0 Å². The van der Waals surface area contributed by atoms with Crippen LogP contribution in [0.1, 0.15) is 230 Å². The predicted molar refractivity (Wildman–Crippen MR) is 398 cm³/mol. The molecule has 0 bridgehead atoms. The molecule has 17 unspecified atom stereocenters. The molecule has 10 N–H and O–H groups in total. The van der Waals surface area contributed by atoms with Crippen molar-refractivity contribution in [3.63, 3.8) is 0 Å². The van der Waals surface area contributed by atoms with Gasteiger partial charge in [0, 0.05) is 52.0 Å². The average Bonchev–Trinajstić information content (AvgIpc) is 0.788. The Hall–Kier alpha value is -3.24. The number of methoxy groups -OCH3 is 2. The van der Waals surface area contributed by atoms with Crippen LogP contribution in [0.3, 0.4) is 0 Å². The Bertz CT molecular complexity index is 2650. The quantitative estimate of drug-likeness (QED) is 0.0329. The zero-order valence-electron chi connectivity index (χ0n) is 69.9. The third kappa shape index (κ3) is 22.0. The number of alkyl carbamates (subject to hydrolysis) is 2. The molecule has 0 radical (unpaired) electrons. The Labute approximate surface area is 643 Å². The summed E-state index contributed by atoms with van der Waals surface area (Å²) in [4.78, 5) is 56.6. The Balaban J connectivity index is 1.11. The van der Waals surface area contributed by atoms with Gasteiger partial charge in [-0.1, -0.05) is 83.1 Å². The van der Waals surface area contributed by atoms with Crippen LogP contribution in [-0.4, -0.2) is 249 Å². The maximum absolute atomic E-state index is 14.6. The standard InChI is InChI=1S/C80H144N2O26/c1-27-55-79(23,93)63(85)47(11)45(9)41(5)35-75(19,91)65(105-71-59(83)39(3)33-43(7)97-71)49(13)61(51(15)69(87)101-55)103-57-37-77(21,95-25)67(53(17)99-57)107-73(89)81-31-29-30-32-82-74(90)108-68-54(18)100-58(38-78(68,22)96-26)104-62-50(14)66(106-72-60(84)40(4)34-44(8)98-72)76(20,92)36-42(6)46(10)48(12)64(86)80(24,94)56(28-2)102-70(88)52(62)16/h39-68,71-72,83-86,91-94H,27-38H2,1-26H3,(H,81,89)(H,82,90)/t39?,40?,41-,42-,43?,44?,45+,46+,47+,48+,49+,50+,51-,52-,53?,54?,55-,56-,57?,58?,59?,60?,61+,62?,63-,64-,65-,66-,67?,68?,71?,72?,75-,76-,77?,78?,79-,80-/m1/s1. The summed E-state index contributed by atoms with van der Waals surface area (Å²) in [6.07, 6.45) is -19.5. The second-order valence-corrected chi connectivity index (χ2v) is 35.4. The van der Waals surface area contributed by atoms with E-state index in [1.165, 1.54) is 28.1 Å². The summed E-state index contributed by atoms with van der Waals surface area (Å²) < 4.78 is 89.6. The Morgan fingerprint density at radius 1 is 0.444 bits per heavy atom. The van der Waals surface area contributed by atoms with Crippen LogP contribution in [0.5, 0.6) is 0 Å². The molecule has 28 heteroatoms. The van der Waals surface area contributed by atoms with E-state index in [4.69, 9.17) is 66.3 Å². The van der Waals surface area contributed by atoms with E-state index in [2.05, 4.69) is 10.6 Å². The molecule has 38 atom stereocenters. The molecule has 6 heterocycles. The highest BCUT2D eigenvalue weighted by Crippen LogP contribution is 2.47. The molecule has 0 aromatic rings. The van der Waals surface area contributed by atoms with Gasteiger partial charge in [0.05, 0.1) is 84.1 Å². The van der Waals surface area contributed by atoms with Gasteiger partial charge in [-0.2, -0.15) is 0 Å². The van der Waals surface area contributed by atoms with E-state index in [0.29, 0.717) is 25.7 Å². The lowest BCUT2D eigenvalue weighted by molar-refractivity contribution is -0.318. The molecule has 2 amide bonds. The smallest absolute Gasteiger partial charge is 0.407 e. The lowest BCUT2D eigenvalue weighted by Gasteiger charge is -2.49. The first-order valence-corrected chi connectivity index (χ1v) is 40.2. The molecule has 28 nitrogen and oxygen atoms in total. The van der Waals surface area contributed by atoms with E-state index in [0.717, 1.165) is 0 Å². The summed E-state index contributed by atoms with van der Waals surface area (Å²) in [5.74, 6) is -7.97. The predicted octanol–water partition coefficient (Wildman–Crippen LogP) is 8.38. The number of nitrogens with one attached hydrogen (secondary N) is 2. The number of aliphatic hydroxyl groups is 8. The molecule has 108 heavy (non-hydrogen) atoms. The van der Waals surface area contributed by atoms with Crippen LogP contribution in [0, 0.1) is 71.0 Å². The molecule has 0 aromatic heterocycles. The number of rotatable bonds is 19. The molecular formula is C80H144N2O26. The van der Waals surface area contributed by atoms with E-state index in [1.54, 1.807) is 83.1 Å². The van der Waals surface area contributed by atoms with E-state index >= 15 is 0 Å². The first-order valence-electron chi connectivity index (χ1n) is 40.2. The molecular weight excluding hydrogens is 1400 g/mol. The number of ether oxygens (including phenoxy) is 14. The van der Waals surface area contributed by atoms with Crippen molar-refractivity contribution in [1.29, 1.82) is 0 Å². The van der Waals surface area contributed by atoms with Crippen molar-refractivity contribution < 1.29 is 126 Å². The monoisotopic (exact) mass is 1550 g/mol. The number of unbranched alkanes of at least 4 members (excludes halogenated alkanes) is 1. The third-order valence-electron chi connectivity index (χ3n) is 26.1. The van der Waals surface area contributed by atoms with Gasteiger partial charge in [-0.05, 0) is 182 Å². The van der Waals surface area contributed by atoms with Crippen molar-refractivity contribution in [2.75, 3.05) is 27.3 Å². The number of esters is 2. The van der Waals surface area contributed by atoms with Crippen LogP contribution < -0.4 is 10.6 Å². The number of carbonyl (C=O) groups excluding carboxylic acids is 4. The molecule has 630 valence electrons. The van der Waals surface area contributed by atoms with Gasteiger partial charge in [0.1, 0.15) is 46.8 Å². The van der Waals surface area contributed by atoms with Crippen molar-refractivity contribution in [1.82, 2.24) is 10.6 Å². The average molecular weight is 1550 g/mol. The summed E-state index contributed by atoms with van der Waals surface area (Å²) in [6.45, 7) is 42.7. The van der Waals surface area contributed by atoms with Crippen LogP contribution in [0.15, 0.2) is 0 Å². The van der Waals surface area contributed by atoms with E-state index in [9.17, 15) is 60.0 Å². The van der Waals surface area contributed by atoms with Crippen LogP contribution in [0.25, 0.3) is 0 Å². The lowest BCUT2D eigenvalue weighted by Crippen LogP contribution is -2.61. The first kappa shape index (κ1) is 93.6. The summed E-state index contributed by atoms with van der Waals surface area (Å²) in [5.41, 5.74) is -9.58. The summed E-state index contributed by atoms with van der Waals surface area (Å²) >= 11 is 0. The zero-order valence-corrected chi connectivity index (χ0v) is 69.9. The third-order valence-corrected chi connectivity index (χ3v) is 26.1. The minimum atomic E-state index is -1.87. The highest BCUT2D eigenvalue weighted by molar-refractivity contribution is 5.74. The fourth-order valence-electron chi connectivity index (χ4n) is 18.4. The highest BCUT2D eigenvalue weighted by Gasteiger charge is 2.58. The van der Waals surface area contributed by atoms with Gasteiger partial charge in [-0.3, -0.25) is 9.59 Å². The van der Waals surface area contributed by atoms with Crippen LogP contribution in [0.4, 0.5) is 9.59 Å². The summed E-state index contributed by atoms with van der Waals surface area (Å²) in [6, 6.07) is 0. The molecule has 6 aliphatic heterocycles. The molecule has 6 fully saturated rings. The molecule has 0 spiro atoms. The van der Waals surface area contributed by atoms with Crippen molar-refractivity contribution >= 4 is 24.1 Å². The molecule has 0 aliphatic carbocycles. The van der Waals surface area contributed by atoms with Crippen molar-refractivity contribution in [3.05, 3.63) is 0 Å². The molecule has 0 saturated carbocycles. The number of carbonyl (C=O) groups is 4. The van der Waals surface area contributed by atoms with Crippen LogP contribution >= 0.6 is 0 Å². The van der Waals surface area contributed by atoms with E-state index in [-0.39, 0.29) is 99.3 Å². The largest absolute Gasteiger partial charge is 0.459 e. The zero-order chi connectivity index (χ0) is 81.6. The topological polar surface area (TPSA) is 383 Å². The first-order chi connectivity index (χ1) is 50.0. The van der Waals surface area contributed by atoms with Gasteiger partial charge in [-0.15, -0.1) is 0 Å². The van der Waals surface area contributed by atoms with E-state index < -0.39 is 204 Å². The maximum atomic E-state index is 14.6. The van der Waals surface area contributed by atoms with Gasteiger partial charge >= 0.3 is 24.1 Å². The second kappa shape index (κ2) is 38.5. The van der Waals surface area contributed by atoms with Crippen molar-refractivity contribution in [2.24, 2.45) is 71.0 Å². The van der Waals surface area contributed by atoms with Gasteiger partial charge in [0.15, 0.2) is 37.4 Å². The molecule has 0 aromatic carbocycles. The minimum absolute atomic E-state index is 0.0202. The van der Waals surface area contributed by atoms with Crippen LogP contribution in [-0.2, 0) is 75.9 Å². The number of amides is 2. The normalized spacial score (nSPS) is 48.8.